The van der Waals surface area contributed by atoms with Gasteiger partial charge in [0.1, 0.15) is 4.91 Å². The second-order valence-corrected chi connectivity index (χ2v) is 4.72. The third kappa shape index (κ3) is 3.92. The van der Waals surface area contributed by atoms with E-state index < -0.39 is 5.97 Å². The Balaban J connectivity index is 2.17. The quantitative estimate of drug-likeness (QED) is 0.808. The summed E-state index contributed by atoms with van der Waals surface area (Å²) in [5, 5.41) is 12.0. The fraction of sp³-hybridized carbons (Fsp3) is 0.167. The zero-order valence-corrected chi connectivity index (χ0v) is 10.7. The van der Waals surface area contributed by atoms with Gasteiger partial charge in [0.15, 0.2) is 5.17 Å². The molecule has 1 aromatic heterocycles. The van der Waals surface area contributed by atoms with Crippen molar-refractivity contribution in [3.8, 4) is 0 Å². The monoisotopic (exact) mass is 277 g/mol. The van der Waals surface area contributed by atoms with Gasteiger partial charge in [-0.1, -0.05) is 6.07 Å². The van der Waals surface area contributed by atoms with Gasteiger partial charge >= 0.3 is 5.97 Å². The highest BCUT2D eigenvalue weighted by atomic mass is 32.2. The van der Waals surface area contributed by atoms with Crippen molar-refractivity contribution in [3.63, 3.8) is 0 Å². The number of aliphatic imine (C=N–C) groups is 1. The zero-order chi connectivity index (χ0) is 13.7. The minimum atomic E-state index is -1.07. The lowest BCUT2D eigenvalue weighted by molar-refractivity contribution is -0.131. The summed E-state index contributed by atoms with van der Waals surface area (Å²) in [6.07, 6.45) is 4.99. The minimum absolute atomic E-state index is 0.0777. The number of amidine groups is 1. The molecule has 1 aliphatic rings. The molecule has 0 aliphatic carbocycles. The van der Waals surface area contributed by atoms with Gasteiger partial charge in [-0.05, 0) is 29.5 Å². The van der Waals surface area contributed by atoms with Gasteiger partial charge in [0, 0.05) is 18.8 Å². The molecule has 0 saturated carbocycles. The number of carbonyl (C=O) groups excluding carboxylic acids is 1. The summed E-state index contributed by atoms with van der Waals surface area (Å²) in [6, 6.07) is 3.47. The number of nitrogens with one attached hydrogen (secondary N) is 1. The van der Waals surface area contributed by atoms with Crippen LogP contribution in [0.4, 0.5) is 0 Å². The predicted octanol–water partition coefficient (Wildman–Crippen LogP) is 1.12. The van der Waals surface area contributed by atoms with E-state index >= 15 is 0 Å². The summed E-state index contributed by atoms with van der Waals surface area (Å²) in [4.78, 5) is 30.4. The SMILES string of the molecule is O=C1CCN=C(S/C(=C/c2cccnc2)C(=O)O)N1. The first-order valence-electron chi connectivity index (χ1n) is 5.52. The van der Waals surface area contributed by atoms with E-state index in [-0.39, 0.29) is 10.8 Å². The lowest BCUT2D eigenvalue weighted by Crippen LogP contribution is -2.33. The minimum Gasteiger partial charge on any atom is -0.477 e. The van der Waals surface area contributed by atoms with Crippen LogP contribution in [0.25, 0.3) is 6.08 Å². The summed E-state index contributed by atoms with van der Waals surface area (Å²) in [6.45, 7) is 0.383. The van der Waals surface area contributed by atoms with Crippen molar-refractivity contribution in [1.29, 1.82) is 0 Å². The van der Waals surface area contributed by atoms with Crippen LogP contribution in [0, 0.1) is 0 Å². The number of aromatic nitrogens is 1. The molecule has 19 heavy (non-hydrogen) atoms. The molecule has 0 fully saturated rings. The van der Waals surface area contributed by atoms with E-state index in [1.807, 2.05) is 0 Å². The highest BCUT2D eigenvalue weighted by Crippen LogP contribution is 2.21. The van der Waals surface area contributed by atoms with Crippen LogP contribution in [0.3, 0.4) is 0 Å². The maximum Gasteiger partial charge on any atom is 0.342 e. The zero-order valence-electron chi connectivity index (χ0n) is 9.87. The Morgan fingerprint density at radius 3 is 3.00 bits per heavy atom. The second kappa shape index (κ2) is 6.14. The van der Waals surface area contributed by atoms with Crippen molar-refractivity contribution >= 4 is 34.9 Å². The molecular formula is C12H11N3O3S. The van der Waals surface area contributed by atoms with E-state index in [9.17, 15) is 9.59 Å². The summed E-state index contributed by atoms with van der Waals surface area (Å²) in [5.41, 5.74) is 0.676. The summed E-state index contributed by atoms with van der Waals surface area (Å²) in [5.74, 6) is -1.22. The molecule has 0 atom stereocenters. The number of aliphatic carboxylic acids is 1. The van der Waals surface area contributed by atoms with Crippen LogP contribution >= 0.6 is 11.8 Å². The molecule has 2 rings (SSSR count). The molecule has 1 aliphatic heterocycles. The number of carboxylic acids is 1. The Kier molecular flexibility index (Phi) is 4.30. The highest BCUT2D eigenvalue weighted by molar-refractivity contribution is 8.18. The van der Waals surface area contributed by atoms with E-state index in [0.717, 1.165) is 11.8 Å². The average molecular weight is 277 g/mol. The number of rotatable bonds is 3. The van der Waals surface area contributed by atoms with Crippen LogP contribution in [-0.4, -0.2) is 33.7 Å². The van der Waals surface area contributed by atoms with E-state index in [4.69, 9.17) is 5.11 Å². The molecular weight excluding hydrogens is 266 g/mol. The average Bonchev–Trinajstić information content (AvgIpc) is 2.39. The number of hydrogen-bond donors (Lipinski definition) is 2. The fourth-order valence-corrected chi connectivity index (χ4v) is 2.20. The number of amides is 1. The van der Waals surface area contributed by atoms with Crippen LogP contribution in [0.5, 0.6) is 0 Å². The van der Waals surface area contributed by atoms with Gasteiger partial charge in [-0.2, -0.15) is 0 Å². The van der Waals surface area contributed by atoms with Crippen molar-refractivity contribution in [2.45, 2.75) is 6.42 Å². The van der Waals surface area contributed by atoms with Crippen molar-refractivity contribution in [2.24, 2.45) is 4.99 Å². The van der Waals surface area contributed by atoms with Crippen molar-refractivity contribution in [3.05, 3.63) is 35.0 Å². The number of nitrogens with zero attached hydrogens (tertiary/aromatic N) is 2. The number of hydrogen-bond acceptors (Lipinski definition) is 5. The first-order chi connectivity index (χ1) is 9.15. The first kappa shape index (κ1) is 13.3. The van der Waals surface area contributed by atoms with Gasteiger partial charge in [0.05, 0.1) is 6.54 Å². The fourth-order valence-electron chi connectivity index (χ4n) is 1.39. The van der Waals surface area contributed by atoms with E-state index in [2.05, 4.69) is 15.3 Å². The molecule has 0 unspecified atom stereocenters. The molecule has 7 heteroatoms. The van der Waals surface area contributed by atoms with Gasteiger partial charge < -0.3 is 10.4 Å². The molecule has 1 amide bonds. The molecule has 0 aromatic carbocycles. The third-order valence-corrected chi connectivity index (χ3v) is 3.18. The van der Waals surface area contributed by atoms with Crippen LogP contribution in [0.2, 0.25) is 0 Å². The van der Waals surface area contributed by atoms with E-state index in [0.29, 0.717) is 23.7 Å². The Hall–Kier alpha value is -2.15. The number of carbonyl (C=O) groups is 2. The number of thioether (sulfide) groups is 1. The summed E-state index contributed by atoms with van der Waals surface area (Å²) < 4.78 is 0. The normalized spacial score (nSPS) is 15.7. The molecule has 0 saturated heterocycles. The Morgan fingerprint density at radius 1 is 1.53 bits per heavy atom. The molecule has 6 nitrogen and oxygen atoms in total. The maximum absolute atomic E-state index is 11.2. The van der Waals surface area contributed by atoms with Crippen molar-refractivity contribution in [1.82, 2.24) is 10.3 Å². The Bertz CT molecular complexity index is 555. The van der Waals surface area contributed by atoms with Crippen LogP contribution < -0.4 is 5.32 Å². The predicted molar refractivity (Wildman–Crippen MR) is 72.5 cm³/mol. The summed E-state index contributed by atoms with van der Waals surface area (Å²) in [7, 11) is 0. The van der Waals surface area contributed by atoms with Crippen molar-refractivity contribution in [2.75, 3.05) is 6.54 Å². The Morgan fingerprint density at radius 2 is 2.37 bits per heavy atom. The molecule has 0 spiro atoms. The third-order valence-electron chi connectivity index (χ3n) is 2.24. The lowest BCUT2D eigenvalue weighted by atomic mass is 10.2. The topological polar surface area (TPSA) is 91.7 Å². The molecule has 0 radical (unpaired) electrons. The van der Waals surface area contributed by atoms with Gasteiger partial charge in [-0.25, -0.2) is 4.79 Å². The standard InChI is InChI=1S/C12H11N3O3S/c16-10-3-5-14-12(15-10)19-9(11(17)18)6-8-2-1-4-13-7-8/h1-2,4,6-7H,3,5H2,(H,17,18)(H,14,15,16)/b9-6+. The van der Waals surface area contributed by atoms with Crippen molar-refractivity contribution < 1.29 is 14.7 Å². The number of pyridine rings is 1. The summed E-state index contributed by atoms with van der Waals surface area (Å²) >= 11 is 0.924. The van der Waals surface area contributed by atoms with Crippen LogP contribution in [0.1, 0.15) is 12.0 Å². The Labute approximate surface area is 113 Å². The molecule has 0 bridgehead atoms. The van der Waals surface area contributed by atoms with Gasteiger partial charge in [0.2, 0.25) is 5.91 Å². The molecule has 98 valence electrons. The maximum atomic E-state index is 11.2. The molecule has 2 N–H and O–H groups in total. The van der Waals surface area contributed by atoms with Gasteiger partial charge in [0.25, 0.3) is 0 Å². The van der Waals surface area contributed by atoms with Gasteiger partial charge in [-0.3, -0.25) is 14.8 Å². The molecule has 2 heterocycles. The van der Waals surface area contributed by atoms with E-state index in [1.54, 1.807) is 24.5 Å². The van der Waals surface area contributed by atoms with E-state index in [1.165, 1.54) is 6.08 Å². The highest BCUT2D eigenvalue weighted by Gasteiger charge is 2.17. The molecule has 1 aromatic rings. The first-order valence-corrected chi connectivity index (χ1v) is 6.34. The number of carboxylic acid groups (broad SMARTS) is 1. The van der Waals surface area contributed by atoms with Crippen LogP contribution in [0.15, 0.2) is 34.4 Å². The smallest absolute Gasteiger partial charge is 0.342 e. The van der Waals surface area contributed by atoms with Crippen LogP contribution in [-0.2, 0) is 9.59 Å². The lowest BCUT2D eigenvalue weighted by Gasteiger charge is -2.12. The largest absolute Gasteiger partial charge is 0.477 e. The van der Waals surface area contributed by atoms with Gasteiger partial charge in [-0.15, -0.1) is 0 Å². The second-order valence-electron chi connectivity index (χ2n) is 3.69.